The Kier molecular flexibility index (Phi) is 4.57. The zero-order chi connectivity index (χ0) is 18.0. The maximum atomic E-state index is 12.3. The molecular formula is C20H21N3O2. The summed E-state index contributed by atoms with van der Waals surface area (Å²) in [6.07, 6.45) is 0. The standard InChI is InChI=1S/C20H21N3O2/c1-12-8-15-10-16(20(25)23-19(15)9-13(12)2)11-21-17-4-6-18(7-5-17)22-14(3)24/h4-10,21H,11H2,1-3H3,(H,22,24)(H,23,25). The van der Waals surface area contributed by atoms with Gasteiger partial charge in [0.2, 0.25) is 5.91 Å². The minimum absolute atomic E-state index is 0.0851. The van der Waals surface area contributed by atoms with Gasteiger partial charge >= 0.3 is 0 Å². The van der Waals surface area contributed by atoms with E-state index in [9.17, 15) is 9.59 Å². The van der Waals surface area contributed by atoms with Crippen LogP contribution in [-0.4, -0.2) is 10.9 Å². The Labute approximate surface area is 146 Å². The number of carbonyl (C=O) groups excluding carboxylic acids is 1. The van der Waals surface area contributed by atoms with Gasteiger partial charge in [-0.15, -0.1) is 0 Å². The number of hydrogen-bond acceptors (Lipinski definition) is 3. The van der Waals surface area contributed by atoms with Gasteiger partial charge in [0.1, 0.15) is 0 Å². The highest BCUT2D eigenvalue weighted by Gasteiger charge is 2.05. The first-order valence-electron chi connectivity index (χ1n) is 8.17. The van der Waals surface area contributed by atoms with Crippen LogP contribution in [0.3, 0.4) is 0 Å². The van der Waals surface area contributed by atoms with E-state index in [4.69, 9.17) is 0 Å². The van der Waals surface area contributed by atoms with E-state index >= 15 is 0 Å². The van der Waals surface area contributed by atoms with E-state index in [0.717, 1.165) is 27.8 Å². The molecule has 3 aromatic rings. The van der Waals surface area contributed by atoms with Gasteiger partial charge in [0, 0.05) is 35.9 Å². The second-order valence-electron chi connectivity index (χ2n) is 6.26. The van der Waals surface area contributed by atoms with Crippen LogP contribution in [0.15, 0.2) is 47.3 Å². The Bertz CT molecular complexity index is 988. The summed E-state index contributed by atoms with van der Waals surface area (Å²) < 4.78 is 0. The summed E-state index contributed by atoms with van der Waals surface area (Å²) in [6.45, 7) is 6.00. The van der Waals surface area contributed by atoms with Gasteiger partial charge in [-0.25, -0.2) is 0 Å². The first kappa shape index (κ1) is 16.8. The quantitative estimate of drug-likeness (QED) is 0.680. The molecule has 0 spiro atoms. The lowest BCUT2D eigenvalue weighted by molar-refractivity contribution is -0.114. The third kappa shape index (κ3) is 3.88. The summed E-state index contributed by atoms with van der Waals surface area (Å²) in [5.41, 5.74) is 5.44. The van der Waals surface area contributed by atoms with Crippen molar-refractivity contribution in [2.24, 2.45) is 0 Å². The van der Waals surface area contributed by atoms with Crippen molar-refractivity contribution in [1.29, 1.82) is 0 Å². The monoisotopic (exact) mass is 335 g/mol. The van der Waals surface area contributed by atoms with Crippen LogP contribution in [0.1, 0.15) is 23.6 Å². The van der Waals surface area contributed by atoms with Crippen LogP contribution in [0.5, 0.6) is 0 Å². The second kappa shape index (κ2) is 6.81. The zero-order valence-corrected chi connectivity index (χ0v) is 14.6. The molecule has 25 heavy (non-hydrogen) atoms. The van der Waals surface area contributed by atoms with Crippen LogP contribution >= 0.6 is 0 Å². The summed E-state index contributed by atoms with van der Waals surface area (Å²) in [7, 11) is 0. The van der Waals surface area contributed by atoms with Gasteiger partial charge in [-0.1, -0.05) is 0 Å². The number of rotatable bonds is 4. The van der Waals surface area contributed by atoms with Crippen LogP contribution in [0.25, 0.3) is 10.9 Å². The first-order chi connectivity index (χ1) is 11.9. The molecule has 1 amide bonds. The fourth-order valence-corrected chi connectivity index (χ4v) is 2.73. The molecule has 0 aliphatic carbocycles. The van der Waals surface area contributed by atoms with E-state index in [1.807, 2.05) is 43.3 Å². The van der Waals surface area contributed by atoms with Gasteiger partial charge in [-0.3, -0.25) is 9.59 Å². The summed E-state index contributed by atoms with van der Waals surface area (Å²) in [4.78, 5) is 26.3. The van der Waals surface area contributed by atoms with Crippen molar-refractivity contribution in [3.63, 3.8) is 0 Å². The number of carbonyl (C=O) groups is 1. The van der Waals surface area contributed by atoms with Crippen LogP contribution in [-0.2, 0) is 11.3 Å². The van der Waals surface area contributed by atoms with Crippen molar-refractivity contribution < 1.29 is 4.79 Å². The number of aromatic amines is 1. The highest BCUT2D eigenvalue weighted by atomic mass is 16.1. The Balaban J connectivity index is 1.78. The summed E-state index contributed by atoms with van der Waals surface area (Å²) >= 11 is 0. The smallest absolute Gasteiger partial charge is 0.253 e. The Morgan fingerprint density at radius 2 is 1.64 bits per heavy atom. The molecule has 0 atom stereocenters. The lowest BCUT2D eigenvalue weighted by Gasteiger charge is -2.09. The van der Waals surface area contributed by atoms with Crippen LogP contribution in [0, 0.1) is 13.8 Å². The molecule has 0 unspecified atom stereocenters. The number of hydrogen-bond donors (Lipinski definition) is 3. The predicted octanol–water partition coefficient (Wildman–Crippen LogP) is 3.72. The van der Waals surface area contributed by atoms with Gasteiger partial charge in [0.15, 0.2) is 0 Å². The lowest BCUT2D eigenvalue weighted by atomic mass is 10.0. The molecule has 0 saturated heterocycles. The van der Waals surface area contributed by atoms with Crippen molar-refractivity contribution >= 4 is 28.2 Å². The Morgan fingerprint density at radius 1 is 1.00 bits per heavy atom. The molecule has 5 heteroatoms. The number of aryl methyl sites for hydroxylation is 2. The van der Waals surface area contributed by atoms with Crippen molar-refractivity contribution in [3.8, 4) is 0 Å². The minimum atomic E-state index is -0.103. The molecule has 2 aromatic carbocycles. The fourth-order valence-electron chi connectivity index (χ4n) is 2.73. The molecule has 0 aliphatic rings. The summed E-state index contributed by atoms with van der Waals surface area (Å²) in [5, 5.41) is 6.99. The SMILES string of the molecule is CC(=O)Nc1ccc(NCc2cc3cc(C)c(C)cc3[nH]c2=O)cc1. The van der Waals surface area contributed by atoms with Crippen molar-refractivity contribution in [3.05, 3.63) is 69.5 Å². The molecule has 5 nitrogen and oxygen atoms in total. The van der Waals surface area contributed by atoms with E-state index < -0.39 is 0 Å². The van der Waals surface area contributed by atoms with Crippen LogP contribution in [0.4, 0.5) is 11.4 Å². The number of anilines is 2. The predicted molar refractivity (Wildman–Crippen MR) is 102 cm³/mol. The largest absolute Gasteiger partial charge is 0.381 e. The number of nitrogens with one attached hydrogen (secondary N) is 3. The fraction of sp³-hybridized carbons (Fsp3) is 0.200. The van der Waals surface area contributed by atoms with Gasteiger partial charge in [-0.2, -0.15) is 0 Å². The maximum Gasteiger partial charge on any atom is 0.253 e. The number of aromatic nitrogens is 1. The average molecular weight is 335 g/mol. The molecular weight excluding hydrogens is 314 g/mol. The third-order valence-corrected chi connectivity index (χ3v) is 4.22. The Hall–Kier alpha value is -3.08. The highest BCUT2D eigenvalue weighted by Crippen LogP contribution is 2.18. The van der Waals surface area contributed by atoms with E-state index in [1.54, 1.807) is 0 Å². The molecule has 1 heterocycles. The van der Waals surface area contributed by atoms with Gasteiger partial charge in [0.05, 0.1) is 0 Å². The second-order valence-corrected chi connectivity index (χ2v) is 6.26. The molecule has 3 rings (SSSR count). The van der Waals surface area contributed by atoms with Crippen molar-refractivity contribution in [2.45, 2.75) is 27.3 Å². The minimum Gasteiger partial charge on any atom is -0.381 e. The lowest BCUT2D eigenvalue weighted by Crippen LogP contribution is -2.15. The molecule has 3 N–H and O–H groups in total. The van der Waals surface area contributed by atoms with E-state index in [-0.39, 0.29) is 11.5 Å². The number of benzene rings is 2. The van der Waals surface area contributed by atoms with Gasteiger partial charge in [0.25, 0.3) is 5.56 Å². The highest BCUT2D eigenvalue weighted by molar-refractivity contribution is 5.88. The topological polar surface area (TPSA) is 74.0 Å². The molecule has 0 fully saturated rings. The molecule has 0 bridgehead atoms. The molecule has 0 aliphatic heterocycles. The van der Waals surface area contributed by atoms with Crippen molar-refractivity contribution in [2.75, 3.05) is 10.6 Å². The first-order valence-corrected chi connectivity index (χ1v) is 8.17. The molecule has 0 radical (unpaired) electrons. The van der Waals surface area contributed by atoms with Gasteiger partial charge < -0.3 is 15.6 Å². The number of fused-ring (bicyclic) bond motifs is 1. The summed E-state index contributed by atoms with van der Waals surface area (Å²) in [5.74, 6) is -0.103. The van der Waals surface area contributed by atoms with Gasteiger partial charge in [-0.05, 0) is 72.8 Å². The zero-order valence-electron chi connectivity index (χ0n) is 14.6. The average Bonchev–Trinajstić information content (AvgIpc) is 2.55. The number of amides is 1. The Morgan fingerprint density at radius 3 is 2.32 bits per heavy atom. The molecule has 1 aromatic heterocycles. The van der Waals surface area contributed by atoms with Crippen molar-refractivity contribution in [1.82, 2.24) is 4.98 Å². The number of pyridine rings is 1. The maximum absolute atomic E-state index is 12.3. The number of H-pyrrole nitrogens is 1. The van der Waals surface area contributed by atoms with Crippen LogP contribution < -0.4 is 16.2 Å². The summed E-state index contributed by atoms with van der Waals surface area (Å²) in [6, 6.07) is 13.4. The van der Waals surface area contributed by atoms with E-state index in [2.05, 4.69) is 28.6 Å². The third-order valence-electron chi connectivity index (χ3n) is 4.22. The van der Waals surface area contributed by atoms with E-state index in [0.29, 0.717) is 12.1 Å². The molecule has 0 saturated carbocycles. The molecule has 128 valence electrons. The van der Waals surface area contributed by atoms with Crippen LogP contribution in [0.2, 0.25) is 0 Å². The normalized spacial score (nSPS) is 10.7. The van der Waals surface area contributed by atoms with E-state index in [1.165, 1.54) is 12.5 Å².